The van der Waals surface area contributed by atoms with Crippen LogP contribution in [0.25, 0.3) is 0 Å². The smallest absolute Gasteiger partial charge is 0.303 e. The maximum Gasteiger partial charge on any atom is 0.303 e. The molecule has 0 amide bonds. The van der Waals surface area contributed by atoms with Gasteiger partial charge in [0.2, 0.25) is 0 Å². The van der Waals surface area contributed by atoms with Crippen molar-refractivity contribution in [1.29, 1.82) is 0 Å². The zero-order valence-electron chi connectivity index (χ0n) is 12.3. The molecule has 0 heterocycles. The molecular formula is C17H30O2. The van der Waals surface area contributed by atoms with E-state index in [1.54, 1.807) is 0 Å². The number of aliphatic carboxylic acids is 1. The maximum atomic E-state index is 10.3. The molecule has 0 bridgehead atoms. The summed E-state index contributed by atoms with van der Waals surface area (Å²) in [7, 11) is 0. The Morgan fingerprint density at radius 3 is 1.89 bits per heavy atom. The summed E-state index contributed by atoms with van der Waals surface area (Å²) < 4.78 is 0. The maximum absolute atomic E-state index is 10.3. The third-order valence-corrected chi connectivity index (χ3v) is 3.22. The van der Waals surface area contributed by atoms with Gasteiger partial charge in [0.1, 0.15) is 0 Å². The van der Waals surface area contributed by atoms with Crippen LogP contribution in [-0.2, 0) is 4.79 Å². The number of carboxylic acids is 1. The number of allylic oxidation sites excluding steroid dienone is 3. The van der Waals surface area contributed by atoms with Crippen LogP contribution in [0.4, 0.5) is 0 Å². The van der Waals surface area contributed by atoms with Crippen molar-refractivity contribution < 1.29 is 9.90 Å². The van der Waals surface area contributed by atoms with Gasteiger partial charge in [0, 0.05) is 6.42 Å². The predicted molar refractivity (Wildman–Crippen MR) is 82.4 cm³/mol. The quantitative estimate of drug-likeness (QED) is 0.333. The van der Waals surface area contributed by atoms with Crippen molar-refractivity contribution in [2.24, 2.45) is 0 Å². The van der Waals surface area contributed by atoms with Crippen LogP contribution < -0.4 is 0 Å². The highest BCUT2D eigenvalue weighted by atomic mass is 16.4. The largest absolute Gasteiger partial charge is 0.481 e. The average Bonchev–Trinajstić information content (AvgIpc) is 2.39. The van der Waals surface area contributed by atoms with Gasteiger partial charge < -0.3 is 5.11 Å². The second kappa shape index (κ2) is 15.0. The highest BCUT2D eigenvalue weighted by molar-refractivity contribution is 5.66. The highest BCUT2D eigenvalue weighted by Gasteiger charge is 1.96. The van der Waals surface area contributed by atoms with Gasteiger partial charge in [-0.15, -0.1) is 6.58 Å². The Morgan fingerprint density at radius 2 is 1.32 bits per heavy atom. The molecule has 0 spiro atoms. The molecule has 0 unspecified atom stereocenters. The minimum absolute atomic E-state index is 0.332. The summed E-state index contributed by atoms with van der Waals surface area (Å²) in [6.07, 6.45) is 19.8. The van der Waals surface area contributed by atoms with Crippen LogP contribution in [-0.4, -0.2) is 11.1 Å². The molecule has 0 aliphatic carbocycles. The van der Waals surface area contributed by atoms with Gasteiger partial charge >= 0.3 is 5.97 Å². The molecule has 0 aromatic carbocycles. The molecule has 2 nitrogen and oxygen atoms in total. The Balaban J connectivity index is 3.04. The van der Waals surface area contributed by atoms with Gasteiger partial charge in [0.15, 0.2) is 0 Å². The minimum atomic E-state index is -0.666. The number of hydrogen-bond acceptors (Lipinski definition) is 1. The molecule has 0 aromatic rings. The second-order valence-corrected chi connectivity index (χ2v) is 5.10. The topological polar surface area (TPSA) is 37.3 Å². The first kappa shape index (κ1) is 17.9. The normalized spacial score (nSPS) is 10.9. The fraction of sp³-hybridized carbons (Fsp3) is 0.706. The van der Waals surface area contributed by atoms with Gasteiger partial charge in [-0.1, -0.05) is 56.8 Å². The van der Waals surface area contributed by atoms with E-state index in [9.17, 15) is 4.79 Å². The highest BCUT2D eigenvalue weighted by Crippen LogP contribution is 2.10. The van der Waals surface area contributed by atoms with Gasteiger partial charge in [-0.05, 0) is 32.1 Å². The number of carbonyl (C=O) groups is 1. The molecule has 1 N–H and O–H groups in total. The van der Waals surface area contributed by atoms with Crippen molar-refractivity contribution in [2.45, 2.75) is 77.0 Å². The zero-order chi connectivity index (χ0) is 14.2. The van der Waals surface area contributed by atoms with Gasteiger partial charge in [-0.25, -0.2) is 0 Å². The molecule has 2 heteroatoms. The van der Waals surface area contributed by atoms with E-state index in [0.717, 1.165) is 25.7 Å². The summed E-state index contributed by atoms with van der Waals surface area (Å²) in [5.74, 6) is -0.666. The van der Waals surface area contributed by atoms with Crippen molar-refractivity contribution in [3.8, 4) is 0 Å². The summed E-state index contributed by atoms with van der Waals surface area (Å²) in [5.41, 5.74) is 0. The lowest BCUT2D eigenvalue weighted by Crippen LogP contribution is -1.93. The molecular weight excluding hydrogens is 236 g/mol. The van der Waals surface area contributed by atoms with E-state index in [1.165, 1.54) is 44.9 Å². The molecule has 0 aliphatic heterocycles. The van der Waals surface area contributed by atoms with Crippen LogP contribution in [0.5, 0.6) is 0 Å². The van der Waals surface area contributed by atoms with Gasteiger partial charge in [-0.2, -0.15) is 0 Å². The van der Waals surface area contributed by atoms with Gasteiger partial charge in [0.05, 0.1) is 0 Å². The molecule has 0 saturated carbocycles. The predicted octanol–water partition coefficient (Wildman–Crippen LogP) is 5.49. The molecule has 0 atom stereocenters. The fourth-order valence-electron chi connectivity index (χ4n) is 2.05. The van der Waals surface area contributed by atoms with E-state index in [4.69, 9.17) is 5.11 Å². The van der Waals surface area contributed by atoms with Crippen molar-refractivity contribution in [3.05, 3.63) is 24.8 Å². The zero-order valence-corrected chi connectivity index (χ0v) is 12.3. The summed E-state index contributed by atoms with van der Waals surface area (Å²) in [6.45, 7) is 3.70. The Labute approximate surface area is 118 Å². The van der Waals surface area contributed by atoms with Crippen LogP contribution >= 0.6 is 0 Å². The van der Waals surface area contributed by atoms with Crippen molar-refractivity contribution in [1.82, 2.24) is 0 Å². The number of rotatable bonds is 14. The summed E-state index contributed by atoms with van der Waals surface area (Å²) >= 11 is 0. The van der Waals surface area contributed by atoms with E-state index in [1.807, 2.05) is 6.08 Å². The molecule has 0 fully saturated rings. The SMILES string of the molecule is C=CCCC=CCCCCCCCCCCC(=O)O. The number of unbranched alkanes of at least 4 members (excludes halogenated alkanes) is 9. The molecule has 0 rings (SSSR count). The lowest BCUT2D eigenvalue weighted by molar-refractivity contribution is -0.137. The first-order valence-electron chi connectivity index (χ1n) is 7.75. The van der Waals surface area contributed by atoms with Crippen LogP contribution in [0.1, 0.15) is 77.0 Å². The van der Waals surface area contributed by atoms with Gasteiger partial charge in [0.25, 0.3) is 0 Å². The van der Waals surface area contributed by atoms with Crippen molar-refractivity contribution in [3.63, 3.8) is 0 Å². The van der Waals surface area contributed by atoms with Gasteiger partial charge in [-0.3, -0.25) is 4.79 Å². The molecule has 19 heavy (non-hydrogen) atoms. The molecule has 0 aliphatic rings. The Kier molecular flexibility index (Phi) is 14.2. The first-order chi connectivity index (χ1) is 9.27. The van der Waals surface area contributed by atoms with Crippen LogP contribution in [0.15, 0.2) is 24.8 Å². The van der Waals surface area contributed by atoms with Crippen LogP contribution in [0.2, 0.25) is 0 Å². The molecule has 0 aromatic heterocycles. The van der Waals surface area contributed by atoms with Crippen LogP contribution in [0, 0.1) is 0 Å². The number of carboxylic acid groups (broad SMARTS) is 1. The lowest BCUT2D eigenvalue weighted by atomic mass is 10.1. The monoisotopic (exact) mass is 266 g/mol. The second-order valence-electron chi connectivity index (χ2n) is 5.10. The minimum Gasteiger partial charge on any atom is -0.481 e. The van der Waals surface area contributed by atoms with E-state index in [0.29, 0.717) is 6.42 Å². The standard InChI is InChI=1S/C17H30O2/c1-2-3-4-5-6-7-8-9-10-11-12-13-14-15-16-17(18)19/h2,5-6H,1,3-4,7-16H2,(H,18,19). The molecule has 0 saturated heterocycles. The summed E-state index contributed by atoms with van der Waals surface area (Å²) in [6, 6.07) is 0. The van der Waals surface area contributed by atoms with Crippen molar-refractivity contribution >= 4 is 5.97 Å². The van der Waals surface area contributed by atoms with Crippen molar-refractivity contribution in [2.75, 3.05) is 0 Å². The van der Waals surface area contributed by atoms with E-state index in [-0.39, 0.29) is 0 Å². The Morgan fingerprint density at radius 1 is 0.789 bits per heavy atom. The third kappa shape index (κ3) is 16.9. The first-order valence-corrected chi connectivity index (χ1v) is 7.75. The lowest BCUT2D eigenvalue weighted by Gasteiger charge is -2.00. The Hall–Kier alpha value is -1.05. The molecule has 110 valence electrons. The Bertz CT molecular complexity index is 244. The number of hydrogen-bond donors (Lipinski definition) is 1. The van der Waals surface area contributed by atoms with Crippen LogP contribution in [0.3, 0.4) is 0 Å². The molecule has 0 radical (unpaired) electrons. The third-order valence-electron chi connectivity index (χ3n) is 3.22. The average molecular weight is 266 g/mol. The van der Waals surface area contributed by atoms with E-state index >= 15 is 0 Å². The van der Waals surface area contributed by atoms with E-state index < -0.39 is 5.97 Å². The summed E-state index contributed by atoms with van der Waals surface area (Å²) in [5, 5.41) is 8.49. The summed E-state index contributed by atoms with van der Waals surface area (Å²) in [4.78, 5) is 10.3. The van der Waals surface area contributed by atoms with E-state index in [2.05, 4.69) is 18.7 Å². The fourth-order valence-corrected chi connectivity index (χ4v) is 2.05.